The third kappa shape index (κ3) is 3.60. The van der Waals surface area contributed by atoms with Crippen LogP contribution in [0.25, 0.3) is 0 Å². The molecule has 0 unspecified atom stereocenters. The highest BCUT2D eigenvalue weighted by molar-refractivity contribution is 5.86. The largest absolute Gasteiger partial charge is 0.475 e. The van der Waals surface area contributed by atoms with Gasteiger partial charge in [-0.1, -0.05) is 6.92 Å². The smallest absolute Gasteiger partial charge is 0.372 e. The fraction of sp³-hybridized carbons (Fsp3) is 0.455. The van der Waals surface area contributed by atoms with Gasteiger partial charge in [-0.25, -0.2) is 4.79 Å². The number of nitrogens with zero attached hydrogens (tertiary/aromatic N) is 1. The lowest BCUT2D eigenvalue weighted by atomic mass is 10.2. The maximum atomic E-state index is 11.2. The van der Waals surface area contributed by atoms with Crippen LogP contribution < -0.4 is 5.32 Å². The van der Waals surface area contributed by atoms with Gasteiger partial charge in [0.25, 0.3) is 0 Å². The minimum Gasteiger partial charge on any atom is -0.475 e. The van der Waals surface area contributed by atoms with Gasteiger partial charge in [-0.3, -0.25) is 9.69 Å². The van der Waals surface area contributed by atoms with Gasteiger partial charge in [-0.05, 0) is 12.6 Å². The Morgan fingerprint density at radius 1 is 1.53 bits per heavy atom. The van der Waals surface area contributed by atoms with Crippen molar-refractivity contribution in [2.24, 2.45) is 0 Å². The standard InChI is InChI=1S/C11H16N2O4/c1-3-13(7-9(14)12-2)6-8-4-5-17-10(8)11(15)16/h4-5H,3,6-7H2,1-2H3,(H,12,14)(H,15,16). The molecular weight excluding hydrogens is 224 g/mol. The summed E-state index contributed by atoms with van der Waals surface area (Å²) >= 11 is 0. The molecule has 0 saturated heterocycles. The molecule has 6 nitrogen and oxygen atoms in total. The fourth-order valence-corrected chi connectivity index (χ4v) is 1.45. The van der Waals surface area contributed by atoms with E-state index in [1.165, 1.54) is 6.26 Å². The third-order valence-electron chi connectivity index (χ3n) is 2.43. The Hall–Kier alpha value is -1.82. The van der Waals surface area contributed by atoms with Crippen molar-refractivity contribution in [3.05, 3.63) is 23.7 Å². The molecular formula is C11H16N2O4. The number of aromatic carboxylic acids is 1. The van der Waals surface area contributed by atoms with Crippen LogP contribution >= 0.6 is 0 Å². The van der Waals surface area contributed by atoms with Crippen LogP contribution in [0.2, 0.25) is 0 Å². The predicted octanol–water partition coefficient (Wildman–Crippen LogP) is 0.546. The van der Waals surface area contributed by atoms with Crippen molar-refractivity contribution in [1.82, 2.24) is 10.2 Å². The lowest BCUT2D eigenvalue weighted by Crippen LogP contribution is -2.35. The van der Waals surface area contributed by atoms with Crippen LogP contribution in [0.15, 0.2) is 16.7 Å². The second kappa shape index (κ2) is 6.05. The minimum atomic E-state index is -1.10. The predicted molar refractivity (Wildman–Crippen MR) is 60.7 cm³/mol. The fourth-order valence-electron chi connectivity index (χ4n) is 1.45. The molecule has 0 bridgehead atoms. The zero-order chi connectivity index (χ0) is 12.8. The number of furan rings is 1. The number of carboxylic acids is 1. The number of carbonyl (C=O) groups excluding carboxylic acids is 1. The van der Waals surface area contributed by atoms with Crippen LogP contribution in [-0.4, -0.2) is 42.0 Å². The summed E-state index contributed by atoms with van der Waals surface area (Å²) in [5, 5.41) is 11.4. The highest BCUT2D eigenvalue weighted by atomic mass is 16.4. The molecule has 0 atom stereocenters. The van der Waals surface area contributed by atoms with Crippen molar-refractivity contribution < 1.29 is 19.1 Å². The van der Waals surface area contributed by atoms with E-state index in [1.54, 1.807) is 13.1 Å². The molecule has 1 aromatic heterocycles. The summed E-state index contributed by atoms with van der Waals surface area (Å²) in [7, 11) is 1.57. The maximum absolute atomic E-state index is 11.2. The van der Waals surface area contributed by atoms with E-state index in [9.17, 15) is 9.59 Å². The van der Waals surface area contributed by atoms with Gasteiger partial charge in [0.05, 0.1) is 12.8 Å². The van der Waals surface area contributed by atoms with E-state index in [0.717, 1.165) is 0 Å². The van der Waals surface area contributed by atoms with Crippen molar-refractivity contribution in [3.63, 3.8) is 0 Å². The van der Waals surface area contributed by atoms with E-state index in [-0.39, 0.29) is 18.2 Å². The molecule has 0 fully saturated rings. The van der Waals surface area contributed by atoms with E-state index in [4.69, 9.17) is 9.52 Å². The third-order valence-corrected chi connectivity index (χ3v) is 2.43. The summed E-state index contributed by atoms with van der Waals surface area (Å²) in [6.07, 6.45) is 1.34. The summed E-state index contributed by atoms with van der Waals surface area (Å²) in [6, 6.07) is 1.61. The van der Waals surface area contributed by atoms with E-state index >= 15 is 0 Å². The van der Waals surface area contributed by atoms with E-state index in [2.05, 4.69) is 5.32 Å². The van der Waals surface area contributed by atoms with Crippen molar-refractivity contribution >= 4 is 11.9 Å². The molecule has 6 heteroatoms. The summed E-state index contributed by atoms with van der Waals surface area (Å²) in [6.45, 7) is 3.17. The van der Waals surface area contributed by atoms with Crippen LogP contribution in [0.4, 0.5) is 0 Å². The zero-order valence-electron chi connectivity index (χ0n) is 9.90. The maximum Gasteiger partial charge on any atom is 0.372 e. The van der Waals surface area contributed by atoms with Gasteiger partial charge in [0.1, 0.15) is 0 Å². The Balaban J connectivity index is 2.70. The Morgan fingerprint density at radius 2 is 2.24 bits per heavy atom. The highest BCUT2D eigenvalue weighted by Crippen LogP contribution is 2.13. The van der Waals surface area contributed by atoms with E-state index in [1.807, 2.05) is 11.8 Å². The lowest BCUT2D eigenvalue weighted by molar-refractivity contribution is -0.121. The number of rotatable bonds is 6. The molecule has 17 heavy (non-hydrogen) atoms. The molecule has 1 aromatic rings. The van der Waals surface area contributed by atoms with Crippen LogP contribution in [0.5, 0.6) is 0 Å². The SMILES string of the molecule is CCN(CC(=O)NC)Cc1ccoc1C(=O)O. The van der Waals surface area contributed by atoms with Crippen molar-refractivity contribution in [1.29, 1.82) is 0 Å². The minimum absolute atomic E-state index is 0.0691. The van der Waals surface area contributed by atoms with E-state index < -0.39 is 5.97 Å². The zero-order valence-corrected chi connectivity index (χ0v) is 9.90. The molecule has 0 aliphatic rings. The van der Waals surface area contributed by atoms with Gasteiger partial charge in [0.2, 0.25) is 11.7 Å². The van der Waals surface area contributed by atoms with E-state index in [0.29, 0.717) is 18.7 Å². The van der Waals surface area contributed by atoms with Crippen molar-refractivity contribution in [3.8, 4) is 0 Å². The van der Waals surface area contributed by atoms with Crippen LogP contribution in [0.3, 0.4) is 0 Å². The Bertz CT molecular complexity index is 400. The Kier molecular flexibility index (Phi) is 4.71. The quantitative estimate of drug-likeness (QED) is 0.758. The first kappa shape index (κ1) is 13.2. The summed E-state index contributed by atoms with van der Waals surface area (Å²) < 4.78 is 4.88. The first-order valence-electron chi connectivity index (χ1n) is 5.31. The van der Waals surface area contributed by atoms with Crippen molar-refractivity contribution in [2.45, 2.75) is 13.5 Å². The molecule has 0 aromatic carbocycles. The highest BCUT2D eigenvalue weighted by Gasteiger charge is 2.17. The van der Waals surface area contributed by atoms with Crippen LogP contribution in [0.1, 0.15) is 23.0 Å². The van der Waals surface area contributed by atoms with Gasteiger partial charge in [0, 0.05) is 19.2 Å². The molecule has 94 valence electrons. The molecule has 1 rings (SSSR count). The molecule has 0 aliphatic carbocycles. The summed E-state index contributed by atoms with van der Waals surface area (Å²) in [5.74, 6) is -1.27. The number of likely N-dealkylation sites (N-methyl/N-ethyl adjacent to an activating group) is 2. The van der Waals surface area contributed by atoms with Gasteiger partial charge in [0.15, 0.2) is 0 Å². The van der Waals surface area contributed by atoms with Crippen molar-refractivity contribution in [2.75, 3.05) is 20.1 Å². The number of hydrogen-bond acceptors (Lipinski definition) is 4. The number of amides is 1. The number of hydrogen-bond donors (Lipinski definition) is 2. The molecule has 2 N–H and O–H groups in total. The number of carbonyl (C=O) groups is 2. The summed E-state index contributed by atoms with van der Waals surface area (Å²) in [4.78, 5) is 23.9. The molecule has 1 amide bonds. The van der Waals surface area contributed by atoms with Gasteiger partial charge in [-0.2, -0.15) is 0 Å². The van der Waals surface area contributed by atoms with Gasteiger partial charge >= 0.3 is 5.97 Å². The number of carboxylic acid groups (broad SMARTS) is 1. The molecule has 0 spiro atoms. The Morgan fingerprint density at radius 3 is 2.76 bits per heavy atom. The normalized spacial score (nSPS) is 10.5. The molecule has 0 aliphatic heterocycles. The van der Waals surface area contributed by atoms with Gasteiger partial charge < -0.3 is 14.8 Å². The van der Waals surface area contributed by atoms with Crippen LogP contribution in [-0.2, 0) is 11.3 Å². The Labute approximate surface area is 99.2 Å². The molecule has 1 heterocycles. The monoisotopic (exact) mass is 240 g/mol. The topological polar surface area (TPSA) is 82.8 Å². The average Bonchev–Trinajstić information content (AvgIpc) is 2.76. The number of nitrogens with one attached hydrogen (secondary N) is 1. The van der Waals surface area contributed by atoms with Gasteiger partial charge in [-0.15, -0.1) is 0 Å². The van der Waals surface area contributed by atoms with Crippen LogP contribution in [0, 0.1) is 0 Å². The second-order valence-electron chi connectivity index (χ2n) is 3.56. The lowest BCUT2D eigenvalue weighted by Gasteiger charge is -2.18. The second-order valence-corrected chi connectivity index (χ2v) is 3.56. The first-order chi connectivity index (χ1) is 8.08. The molecule has 0 radical (unpaired) electrons. The molecule has 0 saturated carbocycles. The first-order valence-corrected chi connectivity index (χ1v) is 5.31. The average molecular weight is 240 g/mol. The summed E-state index contributed by atoms with van der Waals surface area (Å²) in [5.41, 5.74) is 0.572.